The van der Waals surface area contributed by atoms with Crippen LogP contribution in [0.4, 0.5) is 5.69 Å². The molecule has 1 fully saturated rings. The lowest BCUT2D eigenvalue weighted by molar-refractivity contribution is 0.258. The van der Waals surface area contributed by atoms with Crippen LogP contribution in [0, 0.1) is 0 Å². The van der Waals surface area contributed by atoms with Crippen molar-refractivity contribution in [1.82, 2.24) is 0 Å². The van der Waals surface area contributed by atoms with Crippen molar-refractivity contribution < 1.29 is 17.9 Å². The molecule has 2 aromatic carbocycles. The summed E-state index contributed by atoms with van der Waals surface area (Å²) in [4.78, 5) is 0.138. The normalized spacial score (nSPS) is 16.8. The minimum absolute atomic E-state index is 0.0675. The smallest absolute Gasteiger partial charge is 0.265 e. The Balaban J connectivity index is 1.89. The fraction of sp³-hybridized carbons (Fsp3) is 0.294. The topological polar surface area (TPSA) is 67.9 Å². The van der Waals surface area contributed by atoms with Crippen molar-refractivity contribution >= 4 is 15.7 Å². The third kappa shape index (κ3) is 4.03. The zero-order valence-corrected chi connectivity index (χ0v) is 13.7. The number of hydrogen-bond donors (Lipinski definition) is 1. The highest BCUT2D eigenvalue weighted by Crippen LogP contribution is 2.28. The van der Waals surface area contributed by atoms with Gasteiger partial charge in [0.1, 0.15) is 23.4 Å². The molecule has 1 heterocycles. The molecule has 1 atom stereocenters. The number of anilines is 1. The van der Waals surface area contributed by atoms with Crippen LogP contribution in [0.15, 0.2) is 53.4 Å². The highest BCUT2D eigenvalue weighted by Gasteiger charge is 2.26. The lowest BCUT2D eigenvalue weighted by atomic mass is 10.2. The molecule has 0 aliphatic carbocycles. The van der Waals surface area contributed by atoms with Gasteiger partial charge in [-0.15, -0.1) is 0 Å². The van der Waals surface area contributed by atoms with E-state index in [2.05, 4.69) is 4.72 Å². The van der Waals surface area contributed by atoms with E-state index in [1.807, 2.05) is 13.0 Å². The van der Waals surface area contributed by atoms with Crippen LogP contribution in [0.3, 0.4) is 0 Å². The van der Waals surface area contributed by atoms with Crippen LogP contribution in [0.5, 0.6) is 5.75 Å². The molecule has 3 rings (SSSR count). The molecule has 0 aromatic heterocycles. The summed E-state index contributed by atoms with van der Waals surface area (Å²) in [7, 11) is -3.71. The Labute approximate surface area is 136 Å². The molecule has 5 nitrogen and oxygen atoms in total. The van der Waals surface area contributed by atoms with E-state index in [9.17, 15) is 8.42 Å². The molecule has 1 unspecified atom stereocenters. The van der Waals surface area contributed by atoms with Gasteiger partial charge in [0.15, 0.2) is 0 Å². The Morgan fingerprint density at radius 2 is 1.96 bits per heavy atom. The molecule has 1 N–H and O–H groups in total. The Hall–Kier alpha value is -2.05. The van der Waals surface area contributed by atoms with Crippen LogP contribution in [0.1, 0.15) is 12.5 Å². The van der Waals surface area contributed by atoms with Gasteiger partial charge in [-0.3, -0.25) is 4.72 Å². The van der Waals surface area contributed by atoms with E-state index in [1.165, 1.54) is 0 Å². The van der Waals surface area contributed by atoms with Crippen molar-refractivity contribution in [1.29, 1.82) is 0 Å². The fourth-order valence-corrected chi connectivity index (χ4v) is 3.36. The second kappa shape index (κ2) is 6.60. The average Bonchev–Trinajstić information content (AvgIpc) is 3.37. The quantitative estimate of drug-likeness (QED) is 0.791. The zero-order valence-electron chi connectivity index (χ0n) is 12.9. The molecule has 0 spiro atoms. The SMILES string of the molecule is CCc1ccc(S(=O)(=O)Nc2ccccc2)c(OCC2CO2)c1. The Morgan fingerprint density at radius 1 is 1.22 bits per heavy atom. The second-order valence-electron chi connectivity index (χ2n) is 5.37. The maximum atomic E-state index is 12.7. The van der Waals surface area contributed by atoms with Crippen molar-refractivity contribution in [3.63, 3.8) is 0 Å². The fourth-order valence-electron chi connectivity index (χ4n) is 2.17. The van der Waals surface area contributed by atoms with Crippen molar-refractivity contribution in [3.05, 3.63) is 54.1 Å². The van der Waals surface area contributed by atoms with Gasteiger partial charge < -0.3 is 9.47 Å². The molecule has 0 saturated carbocycles. The van der Waals surface area contributed by atoms with E-state index < -0.39 is 10.0 Å². The molecule has 6 heteroatoms. The molecule has 0 radical (unpaired) electrons. The number of ether oxygens (including phenoxy) is 2. The molecule has 0 bridgehead atoms. The first-order chi connectivity index (χ1) is 11.1. The summed E-state index contributed by atoms with van der Waals surface area (Å²) in [5.41, 5.74) is 1.54. The van der Waals surface area contributed by atoms with Crippen LogP contribution in [0.25, 0.3) is 0 Å². The van der Waals surface area contributed by atoms with Gasteiger partial charge in [0.2, 0.25) is 0 Å². The van der Waals surface area contributed by atoms with E-state index in [-0.39, 0.29) is 11.0 Å². The van der Waals surface area contributed by atoms with Gasteiger partial charge in [-0.25, -0.2) is 8.42 Å². The minimum atomic E-state index is -3.71. The average molecular weight is 333 g/mol. The van der Waals surface area contributed by atoms with E-state index in [0.717, 1.165) is 12.0 Å². The summed E-state index contributed by atoms with van der Waals surface area (Å²) < 4.78 is 38.7. The lowest BCUT2D eigenvalue weighted by Crippen LogP contribution is -2.15. The van der Waals surface area contributed by atoms with Gasteiger partial charge in [0, 0.05) is 5.69 Å². The van der Waals surface area contributed by atoms with Gasteiger partial charge >= 0.3 is 0 Å². The van der Waals surface area contributed by atoms with E-state index in [1.54, 1.807) is 42.5 Å². The first-order valence-corrected chi connectivity index (χ1v) is 9.02. The van der Waals surface area contributed by atoms with Crippen molar-refractivity contribution in [2.75, 3.05) is 17.9 Å². The van der Waals surface area contributed by atoms with Crippen molar-refractivity contribution in [2.45, 2.75) is 24.3 Å². The summed E-state index contributed by atoms with van der Waals surface area (Å²) in [6, 6.07) is 14.0. The monoisotopic (exact) mass is 333 g/mol. The maximum absolute atomic E-state index is 12.7. The van der Waals surface area contributed by atoms with E-state index in [0.29, 0.717) is 24.7 Å². The van der Waals surface area contributed by atoms with Gasteiger partial charge in [0.25, 0.3) is 10.0 Å². The summed E-state index contributed by atoms with van der Waals surface area (Å²) in [5, 5.41) is 0. The molecule has 0 amide bonds. The Bertz CT molecular complexity index is 770. The van der Waals surface area contributed by atoms with Crippen LogP contribution in [0.2, 0.25) is 0 Å². The third-order valence-corrected chi connectivity index (χ3v) is 4.98. The van der Waals surface area contributed by atoms with Crippen molar-refractivity contribution in [3.8, 4) is 5.75 Å². The summed E-state index contributed by atoms with van der Waals surface area (Å²) in [6.07, 6.45) is 0.876. The second-order valence-corrected chi connectivity index (χ2v) is 7.02. The first-order valence-electron chi connectivity index (χ1n) is 7.53. The van der Waals surface area contributed by atoms with Crippen LogP contribution in [-0.2, 0) is 21.2 Å². The molecule has 1 saturated heterocycles. The van der Waals surface area contributed by atoms with Gasteiger partial charge in [-0.1, -0.05) is 31.2 Å². The van der Waals surface area contributed by atoms with Crippen LogP contribution >= 0.6 is 0 Å². The number of epoxide rings is 1. The molecular formula is C17H19NO4S. The van der Waals surface area contributed by atoms with Crippen LogP contribution < -0.4 is 9.46 Å². The first kappa shape index (κ1) is 15.8. The van der Waals surface area contributed by atoms with Crippen LogP contribution in [-0.4, -0.2) is 27.7 Å². The summed E-state index contributed by atoms with van der Waals surface area (Å²) in [5.74, 6) is 0.364. The third-order valence-electron chi connectivity index (χ3n) is 3.56. The summed E-state index contributed by atoms with van der Waals surface area (Å²) in [6.45, 7) is 3.04. The van der Waals surface area contributed by atoms with Gasteiger partial charge in [0.05, 0.1) is 6.61 Å². The lowest BCUT2D eigenvalue weighted by Gasteiger charge is -2.14. The largest absolute Gasteiger partial charge is 0.489 e. The molecular weight excluding hydrogens is 314 g/mol. The highest BCUT2D eigenvalue weighted by atomic mass is 32.2. The maximum Gasteiger partial charge on any atom is 0.265 e. The summed E-state index contributed by atoms with van der Waals surface area (Å²) >= 11 is 0. The zero-order chi connectivity index (χ0) is 16.3. The minimum Gasteiger partial charge on any atom is -0.489 e. The number of benzene rings is 2. The number of para-hydroxylation sites is 1. The van der Waals surface area contributed by atoms with Gasteiger partial charge in [-0.2, -0.15) is 0 Å². The number of aryl methyl sites for hydroxylation is 1. The number of hydrogen-bond acceptors (Lipinski definition) is 4. The number of sulfonamides is 1. The van der Waals surface area contributed by atoms with Gasteiger partial charge in [-0.05, 0) is 36.2 Å². The molecule has 23 heavy (non-hydrogen) atoms. The predicted octanol–water partition coefficient (Wildman–Crippen LogP) is 2.83. The van der Waals surface area contributed by atoms with E-state index in [4.69, 9.17) is 9.47 Å². The van der Waals surface area contributed by atoms with Crippen molar-refractivity contribution in [2.24, 2.45) is 0 Å². The molecule has 122 valence electrons. The standard InChI is InChI=1S/C17H19NO4S/c1-2-13-8-9-17(16(10-13)22-12-15-11-21-15)23(19,20)18-14-6-4-3-5-7-14/h3-10,15,18H,2,11-12H2,1H3. The Morgan fingerprint density at radius 3 is 2.61 bits per heavy atom. The Kier molecular flexibility index (Phi) is 4.54. The number of nitrogens with one attached hydrogen (secondary N) is 1. The molecule has 2 aromatic rings. The van der Waals surface area contributed by atoms with E-state index >= 15 is 0 Å². The number of rotatable bonds is 7. The predicted molar refractivity (Wildman–Crippen MR) is 88.3 cm³/mol. The molecule has 1 aliphatic rings. The molecule has 1 aliphatic heterocycles. The highest BCUT2D eigenvalue weighted by molar-refractivity contribution is 7.92.